The molecule has 2 N–H and O–H groups in total. The molecular formula is C23H18F2N2O6S. The Morgan fingerprint density at radius 2 is 1.94 bits per heavy atom. The number of halogens is 2. The third-order valence-electron chi connectivity index (χ3n) is 4.91. The van der Waals surface area contributed by atoms with Gasteiger partial charge in [-0.1, -0.05) is 12.1 Å². The van der Waals surface area contributed by atoms with Crippen LogP contribution in [0.4, 0.5) is 8.78 Å². The summed E-state index contributed by atoms with van der Waals surface area (Å²) in [5, 5.41) is 20.0. The largest absolute Gasteiger partial charge is 0.486 e. The highest BCUT2D eigenvalue weighted by atomic mass is 32.1. The maximum Gasteiger partial charge on any atom is 0.323 e. The van der Waals surface area contributed by atoms with E-state index < -0.39 is 30.1 Å². The highest BCUT2D eigenvalue weighted by molar-refractivity contribution is 7.09. The average molecular weight is 488 g/mol. The molecule has 34 heavy (non-hydrogen) atoms. The number of amides is 1. The van der Waals surface area contributed by atoms with E-state index >= 15 is 0 Å². The molecule has 0 unspecified atom stereocenters. The molecule has 8 nitrogen and oxygen atoms in total. The fourth-order valence-corrected chi connectivity index (χ4v) is 4.02. The van der Waals surface area contributed by atoms with E-state index in [9.17, 15) is 18.4 Å². The molecular weight excluding hydrogens is 470 g/mol. The van der Waals surface area contributed by atoms with Gasteiger partial charge in [0.25, 0.3) is 5.91 Å². The second kappa shape index (κ2) is 9.98. The summed E-state index contributed by atoms with van der Waals surface area (Å²) in [6.45, 7) is -0.977. The van der Waals surface area contributed by atoms with Gasteiger partial charge in [-0.05, 0) is 29.8 Å². The van der Waals surface area contributed by atoms with E-state index in [4.69, 9.17) is 19.4 Å². The average Bonchev–Trinajstić information content (AvgIpc) is 3.50. The number of hydrogen-bond acceptors (Lipinski definition) is 7. The molecule has 2 aromatic heterocycles. The number of thiazole rings is 1. The van der Waals surface area contributed by atoms with Crippen molar-refractivity contribution in [1.82, 2.24) is 9.88 Å². The number of carbonyl (C=O) groups is 2. The number of aliphatic hydroxyl groups is 1. The molecule has 2 heterocycles. The van der Waals surface area contributed by atoms with Gasteiger partial charge in [0.1, 0.15) is 35.2 Å². The van der Waals surface area contributed by atoms with Crippen LogP contribution in [0.5, 0.6) is 5.75 Å². The van der Waals surface area contributed by atoms with Crippen molar-refractivity contribution in [3.05, 3.63) is 70.4 Å². The van der Waals surface area contributed by atoms with Crippen LogP contribution >= 0.6 is 11.3 Å². The number of benzene rings is 2. The lowest BCUT2D eigenvalue weighted by Gasteiger charge is -2.18. The van der Waals surface area contributed by atoms with E-state index in [-0.39, 0.29) is 36.4 Å². The number of nitrogens with zero attached hydrogens (tertiary/aromatic N) is 2. The highest BCUT2D eigenvalue weighted by Gasteiger charge is 2.21. The van der Waals surface area contributed by atoms with Crippen molar-refractivity contribution in [2.45, 2.75) is 6.61 Å². The summed E-state index contributed by atoms with van der Waals surface area (Å²) >= 11 is 1.17. The zero-order valence-electron chi connectivity index (χ0n) is 17.5. The van der Waals surface area contributed by atoms with Crippen LogP contribution in [0, 0.1) is 11.6 Å². The van der Waals surface area contributed by atoms with Gasteiger partial charge in [0.05, 0.1) is 18.3 Å². The van der Waals surface area contributed by atoms with Crippen molar-refractivity contribution in [2.24, 2.45) is 0 Å². The summed E-state index contributed by atoms with van der Waals surface area (Å²) in [6.07, 6.45) is 1.30. The molecule has 0 aliphatic carbocycles. The minimum Gasteiger partial charge on any atom is -0.486 e. The lowest BCUT2D eigenvalue weighted by atomic mass is 10.0. The summed E-state index contributed by atoms with van der Waals surface area (Å²) < 4.78 is 38.9. The van der Waals surface area contributed by atoms with Crippen LogP contribution in [0.3, 0.4) is 0 Å². The van der Waals surface area contributed by atoms with E-state index in [0.29, 0.717) is 21.9 Å². The van der Waals surface area contributed by atoms with E-state index in [1.54, 1.807) is 24.3 Å². The van der Waals surface area contributed by atoms with Gasteiger partial charge >= 0.3 is 5.97 Å². The van der Waals surface area contributed by atoms with Crippen LogP contribution in [0.25, 0.3) is 22.1 Å². The van der Waals surface area contributed by atoms with E-state index in [2.05, 4.69) is 4.98 Å². The quantitative estimate of drug-likeness (QED) is 0.367. The Kier molecular flexibility index (Phi) is 6.85. The van der Waals surface area contributed by atoms with Gasteiger partial charge in [-0.2, -0.15) is 0 Å². The Balaban J connectivity index is 1.43. The Bertz CT molecular complexity index is 1340. The third kappa shape index (κ3) is 4.90. The molecule has 11 heteroatoms. The van der Waals surface area contributed by atoms with Gasteiger partial charge < -0.3 is 24.3 Å². The Morgan fingerprint density at radius 1 is 1.18 bits per heavy atom. The van der Waals surface area contributed by atoms with E-state index in [1.807, 2.05) is 0 Å². The molecule has 0 aliphatic rings. The van der Waals surface area contributed by atoms with Gasteiger partial charge in [0, 0.05) is 17.5 Å². The first-order valence-corrected chi connectivity index (χ1v) is 10.9. The first kappa shape index (κ1) is 23.3. The third-order valence-corrected chi connectivity index (χ3v) is 5.73. The van der Waals surface area contributed by atoms with Crippen LogP contribution in [0.2, 0.25) is 0 Å². The van der Waals surface area contributed by atoms with Crippen molar-refractivity contribution in [3.63, 3.8) is 0 Å². The van der Waals surface area contributed by atoms with Crippen molar-refractivity contribution in [3.8, 4) is 16.9 Å². The summed E-state index contributed by atoms with van der Waals surface area (Å²) in [7, 11) is 0. The topological polar surface area (TPSA) is 113 Å². The number of hydrogen-bond donors (Lipinski definition) is 2. The minimum absolute atomic E-state index is 0.0594. The summed E-state index contributed by atoms with van der Waals surface area (Å²) in [6, 6.07) is 9.11. The number of fused-ring (bicyclic) bond motifs is 1. The van der Waals surface area contributed by atoms with Gasteiger partial charge in [0.15, 0.2) is 11.6 Å². The molecule has 2 aromatic carbocycles. The number of aliphatic hydroxyl groups excluding tert-OH is 1. The zero-order valence-corrected chi connectivity index (χ0v) is 18.3. The lowest BCUT2D eigenvalue weighted by Crippen LogP contribution is -2.37. The van der Waals surface area contributed by atoms with Crippen LogP contribution < -0.4 is 4.74 Å². The van der Waals surface area contributed by atoms with Gasteiger partial charge in [-0.15, -0.1) is 11.3 Å². The zero-order chi connectivity index (χ0) is 24.2. The maximum atomic E-state index is 14.0. The molecule has 0 saturated heterocycles. The van der Waals surface area contributed by atoms with Crippen LogP contribution in [-0.2, 0) is 11.4 Å². The summed E-state index contributed by atoms with van der Waals surface area (Å²) in [5.74, 6) is -3.24. The molecule has 4 rings (SSSR count). The lowest BCUT2D eigenvalue weighted by molar-refractivity contribution is -0.137. The predicted molar refractivity (Wildman–Crippen MR) is 119 cm³/mol. The Morgan fingerprint density at radius 3 is 2.65 bits per heavy atom. The molecule has 0 saturated carbocycles. The predicted octanol–water partition coefficient (Wildman–Crippen LogP) is 3.93. The first-order valence-electron chi connectivity index (χ1n) is 10.0. The van der Waals surface area contributed by atoms with E-state index in [1.165, 1.54) is 29.0 Å². The summed E-state index contributed by atoms with van der Waals surface area (Å²) in [5.41, 5.74) is 1.32. The van der Waals surface area contributed by atoms with Crippen molar-refractivity contribution >= 4 is 34.2 Å². The number of furan rings is 1. The van der Waals surface area contributed by atoms with Crippen molar-refractivity contribution in [1.29, 1.82) is 0 Å². The number of aromatic nitrogens is 1. The second-order valence-electron chi connectivity index (χ2n) is 7.17. The van der Waals surface area contributed by atoms with Crippen LogP contribution in [-0.4, -0.2) is 51.7 Å². The number of rotatable bonds is 9. The minimum atomic E-state index is -1.19. The molecule has 0 spiro atoms. The number of ether oxygens (including phenoxy) is 1. The van der Waals surface area contributed by atoms with Crippen molar-refractivity contribution in [2.75, 3.05) is 19.7 Å². The number of carboxylic acids is 1. The fourth-order valence-electron chi connectivity index (χ4n) is 3.34. The van der Waals surface area contributed by atoms with Gasteiger partial charge in [0.2, 0.25) is 0 Å². The number of carboxylic acid groups (broad SMARTS) is 1. The normalized spacial score (nSPS) is 11.0. The monoisotopic (exact) mass is 488 g/mol. The Labute approximate surface area is 195 Å². The van der Waals surface area contributed by atoms with Crippen molar-refractivity contribution < 1.29 is 37.7 Å². The molecule has 4 aromatic rings. The second-order valence-corrected chi connectivity index (χ2v) is 8.11. The standard InChI is InChI=1S/C23H18F2N2O6S/c24-17-9-16(22-15(21(17)25)5-8-32-22)13-1-3-14(4-2-13)33-11-19-26-18(12-34-19)23(31)27(6-7-28)10-20(29)30/h1-5,8-9,12,28H,6-7,10-11H2,(H,29,30). The Hall–Kier alpha value is -3.83. The number of aliphatic carboxylic acids is 1. The fraction of sp³-hybridized carbons (Fsp3) is 0.174. The van der Waals surface area contributed by atoms with E-state index in [0.717, 1.165) is 11.0 Å². The van der Waals surface area contributed by atoms with Crippen LogP contribution in [0.15, 0.2) is 52.5 Å². The molecule has 0 bridgehead atoms. The smallest absolute Gasteiger partial charge is 0.323 e. The maximum absolute atomic E-state index is 14.0. The molecule has 1 amide bonds. The molecule has 0 radical (unpaired) electrons. The van der Waals surface area contributed by atoms with Gasteiger partial charge in [-0.3, -0.25) is 9.59 Å². The summed E-state index contributed by atoms with van der Waals surface area (Å²) in [4.78, 5) is 28.6. The molecule has 0 atom stereocenters. The van der Waals surface area contributed by atoms with Crippen LogP contribution in [0.1, 0.15) is 15.5 Å². The van der Waals surface area contributed by atoms with Gasteiger partial charge in [-0.25, -0.2) is 13.8 Å². The molecule has 176 valence electrons. The molecule has 0 aliphatic heterocycles. The first-order chi connectivity index (χ1) is 16.4. The SMILES string of the molecule is O=C(O)CN(CCO)C(=O)c1csc(COc2ccc(-c3cc(F)c(F)c4ccoc34)cc2)n1. The number of carbonyl (C=O) groups excluding carboxylic acids is 1. The highest BCUT2D eigenvalue weighted by Crippen LogP contribution is 2.33. The molecule has 0 fully saturated rings.